The first-order valence-corrected chi connectivity index (χ1v) is 14.6. The molecule has 8 atom stereocenters. The maximum absolute atomic E-state index is 12.5. The van der Waals surface area contributed by atoms with Crippen LogP contribution in [-0.2, 0) is 0 Å². The largest absolute Gasteiger partial charge is 0.431 e. The van der Waals surface area contributed by atoms with Gasteiger partial charge in [0.25, 0.3) is 0 Å². The van der Waals surface area contributed by atoms with Crippen LogP contribution in [0, 0.1) is 22.7 Å². The Labute approximate surface area is 215 Å². The van der Waals surface area contributed by atoms with E-state index in [1.54, 1.807) is 6.26 Å². The molecule has 1 saturated heterocycles. The molecule has 6 rings (SSSR count). The van der Waals surface area contributed by atoms with Crippen LogP contribution in [0.3, 0.4) is 0 Å². The summed E-state index contributed by atoms with van der Waals surface area (Å²) >= 11 is 0. The van der Waals surface area contributed by atoms with Crippen molar-refractivity contribution in [2.45, 2.75) is 114 Å². The van der Waals surface area contributed by atoms with Crippen LogP contribution in [0.15, 0.2) is 27.6 Å². The second-order valence-electron chi connectivity index (χ2n) is 13.6. The van der Waals surface area contributed by atoms with Gasteiger partial charge in [0, 0.05) is 23.6 Å². The van der Waals surface area contributed by atoms with Gasteiger partial charge < -0.3 is 24.8 Å². The van der Waals surface area contributed by atoms with Crippen LogP contribution >= 0.6 is 0 Å². The molecule has 3 N–H and O–H groups in total. The van der Waals surface area contributed by atoms with Crippen molar-refractivity contribution in [2.24, 2.45) is 22.7 Å². The van der Waals surface area contributed by atoms with Gasteiger partial charge in [-0.25, -0.2) is 4.79 Å². The number of aliphatic hydroxyl groups is 2. The molecule has 2 heterocycles. The number of rotatable bonds is 3. The molecule has 0 bridgehead atoms. The predicted octanol–water partition coefficient (Wildman–Crippen LogP) is 4.05. The van der Waals surface area contributed by atoms with E-state index >= 15 is 0 Å². The van der Waals surface area contributed by atoms with Gasteiger partial charge in [0.05, 0.1) is 17.5 Å². The topological polar surface area (TPSA) is 85.9 Å². The Morgan fingerprint density at radius 3 is 2.33 bits per heavy atom. The number of hydrogen-bond donors (Lipinski definition) is 3. The van der Waals surface area contributed by atoms with Crippen molar-refractivity contribution >= 4 is 0 Å². The first-order chi connectivity index (χ1) is 17.1. The Bertz CT molecular complexity index is 1020. The van der Waals surface area contributed by atoms with Gasteiger partial charge in [-0.3, -0.25) is 0 Å². The standard InChI is InChI=1S/C30H46N2O4/c1-27-12-6-22(32(3)21-10-16-31-17-11-21)18-29(27,34)14-8-25-24(27)7-13-28(2)23(9-15-30(25,28)35)20-4-5-26(33)36-19-20/h4-5,19,21-25,31,34-35H,6-18H2,1-3H3/t22-,23+,24-,25+,27+,28+,29-,30-/m0/s1. The third-order valence-corrected chi connectivity index (χ3v) is 12.6. The summed E-state index contributed by atoms with van der Waals surface area (Å²) in [5, 5.41) is 28.2. The van der Waals surface area contributed by atoms with Crippen LogP contribution in [0.4, 0.5) is 0 Å². The molecular weight excluding hydrogens is 452 g/mol. The quantitative estimate of drug-likeness (QED) is 0.583. The monoisotopic (exact) mass is 498 g/mol. The maximum atomic E-state index is 12.5. The first-order valence-electron chi connectivity index (χ1n) is 14.6. The molecule has 5 fully saturated rings. The first kappa shape index (κ1) is 25.1. The average molecular weight is 499 g/mol. The summed E-state index contributed by atoms with van der Waals surface area (Å²) in [6.07, 6.45) is 12.5. The van der Waals surface area contributed by atoms with Crippen LogP contribution in [0.1, 0.15) is 96.0 Å². The van der Waals surface area contributed by atoms with Crippen molar-refractivity contribution in [3.63, 3.8) is 0 Å². The Morgan fingerprint density at radius 1 is 0.889 bits per heavy atom. The lowest BCUT2D eigenvalue weighted by Crippen LogP contribution is -2.68. The van der Waals surface area contributed by atoms with Crippen LogP contribution in [-0.4, -0.2) is 58.5 Å². The highest BCUT2D eigenvalue weighted by Crippen LogP contribution is 2.71. The van der Waals surface area contributed by atoms with E-state index in [0.29, 0.717) is 18.0 Å². The molecule has 0 amide bonds. The lowest BCUT2D eigenvalue weighted by molar-refractivity contribution is -0.251. The van der Waals surface area contributed by atoms with E-state index in [9.17, 15) is 15.0 Å². The maximum Gasteiger partial charge on any atom is 0.335 e. The summed E-state index contributed by atoms with van der Waals surface area (Å²) in [6.45, 7) is 6.83. The number of fused-ring (bicyclic) bond motifs is 5. The third kappa shape index (κ3) is 3.47. The van der Waals surface area contributed by atoms with Crippen molar-refractivity contribution in [3.8, 4) is 0 Å². The van der Waals surface area contributed by atoms with Gasteiger partial charge in [-0.1, -0.05) is 13.8 Å². The summed E-state index contributed by atoms with van der Waals surface area (Å²) in [4.78, 5) is 14.2. The molecule has 4 saturated carbocycles. The highest BCUT2D eigenvalue weighted by molar-refractivity contribution is 5.28. The van der Waals surface area contributed by atoms with E-state index in [2.05, 4.69) is 31.1 Å². The zero-order valence-electron chi connectivity index (χ0n) is 22.5. The normalized spacial score (nSPS) is 47.3. The molecular formula is C30H46N2O4. The molecule has 0 spiro atoms. The van der Waals surface area contributed by atoms with E-state index in [0.717, 1.165) is 76.4 Å². The van der Waals surface area contributed by atoms with E-state index in [1.165, 1.54) is 18.9 Å². The SMILES string of the molecule is CN(C1CCNCC1)[C@H]1CC[C@]2(C)[C@H]3CC[C@]4(C)[C@@H](c5ccc(=O)oc5)CC[C@]4(O)[C@@H]3CC[C@]2(O)C1. The molecule has 6 nitrogen and oxygen atoms in total. The smallest absolute Gasteiger partial charge is 0.335 e. The van der Waals surface area contributed by atoms with Gasteiger partial charge in [0.1, 0.15) is 0 Å². The van der Waals surface area contributed by atoms with Crippen LogP contribution in [0.5, 0.6) is 0 Å². The van der Waals surface area contributed by atoms with Gasteiger partial charge in [-0.15, -0.1) is 0 Å². The van der Waals surface area contributed by atoms with Crippen molar-refractivity contribution in [3.05, 3.63) is 34.4 Å². The minimum absolute atomic E-state index is 0.143. The molecule has 200 valence electrons. The fourth-order valence-electron chi connectivity index (χ4n) is 10.2. The molecule has 1 aromatic rings. The Balaban J connectivity index is 1.24. The highest BCUT2D eigenvalue weighted by Gasteiger charge is 2.70. The van der Waals surface area contributed by atoms with E-state index in [4.69, 9.17) is 4.42 Å². The molecule has 0 unspecified atom stereocenters. The highest BCUT2D eigenvalue weighted by atomic mass is 16.4. The van der Waals surface area contributed by atoms with Crippen LogP contribution in [0.25, 0.3) is 0 Å². The molecule has 0 radical (unpaired) electrons. The van der Waals surface area contributed by atoms with Crippen LogP contribution < -0.4 is 10.9 Å². The Morgan fingerprint density at radius 2 is 1.61 bits per heavy atom. The predicted molar refractivity (Wildman–Crippen MR) is 140 cm³/mol. The summed E-state index contributed by atoms with van der Waals surface area (Å²) < 4.78 is 5.23. The zero-order chi connectivity index (χ0) is 25.3. The fourth-order valence-corrected chi connectivity index (χ4v) is 10.2. The number of hydrogen-bond acceptors (Lipinski definition) is 6. The second kappa shape index (κ2) is 8.65. The van der Waals surface area contributed by atoms with Gasteiger partial charge in [0.2, 0.25) is 0 Å². The molecule has 0 aromatic carbocycles. The number of nitrogens with zero attached hydrogens (tertiary/aromatic N) is 1. The lowest BCUT2D eigenvalue weighted by atomic mass is 9.41. The van der Waals surface area contributed by atoms with Gasteiger partial charge >= 0.3 is 5.63 Å². The lowest BCUT2D eigenvalue weighted by Gasteiger charge is -2.66. The van der Waals surface area contributed by atoms with Crippen molar-refractivity contribution in [1.82, 2.24) is 10.2 Å². The fraction of sp³-hybridized carbons (Fsp3) is 0.833. The molecule has 6 heteroatoms. The average Bonchev–Trinajstić information content (AvgIpc) is 3.16. The van der Waals surface area contributed by atoms with Gasteiger partial charge in [0.15, 0.2) is 0 Å². The number of piperidine rings is 1. The Kier molecular flexibility index (Phi) is 6.03. The molecule has 5 aliphatic rings. The zero-order valence-corrected chi connectivity index (χ0v) is 22.5. The van der Waals surface area contributed by atoms with Crippen molar-refractivity contribution in [1.29, 1.82) is 0 Å². The minimum atomic E-state index is -0.732. The van der Waals surface area contributed by atoms with Crippen LogP contribution in [0.2, 0.25) is 0 Å². The van der Waals surface area contributed by atoms with Gasteiger partial charge in [-0.2, -0.15) is 0 Å². The van der Waals surface area contributed by atoms with E-state index in [1.807, 2.05) is 6.07 Å². The molecule has 1 aromatic heterocycles. The Hall–Kier alpha value is -1.21. The molecule has 36 heavy (non-hydrogen) atoms. The second-order valence-corrected chi connectivity index (χ2v) is 13.6. The van der Waals surface area contributed by atoms with E-state index < -0.39 is 11.2 Å². The summed E-state index contributed by atoms with van der Waals surface area (Å²) in [5.41, 5.74) is -1.02. The van der Waals surface area contributed by atoms with Gasteiger partial charge in [-0.05, 0) is 126 Å². The summed E-state index contributed by atoms with van der Waals surface area (Å²) in [6, 6.07) is 4.49. The third-order valence-electron chi connectivity index (χ3n) is 12.6. The van der Waals surface area contributed by atoms with Crippen molar-refractivity contribution in [2.75, 3.05) is 20.1 Å². The summed E-state index contributed by atoms with van der Waals surface area (Å²) in [7, 11) is 2.29. The molecule has 1 aliphatic heterocycles. The van der Waals surface area contributed by atoms with E-state index in [-0.39, 0.29) is 28.3 Å². The van der Waals surface area contributed by atoms with Crippen molar-refractivity contribution < 1.29 is 14.6 Å². The molecule has 4 aliphatic carbocycles. The summed E-state index contributed by atoms with van der Waals surface area (Å²) in [5.74, 6) is 0.781. The number of nitrogens with one attached hydrogen (secondary N) is 1. The minimum Gasteiger partial charge on any atom is -0.431 e.